The lowest BCUT2D eigenvalue weighted by atomic mass is 10.2. The molecule has 0 unspecified atom stereocenters. The number of ether oxygens (including phenoxy) is 1. The van der Waals surface area contributed by atoms with Crippen LogP contribution in [0.25, 0.3) is 0 Å². The smallest absolute Gasteiger partial charge is 0.251 e. The molecule has 0 aliphatic rings. The first-order valence-corrected chi connectivity index (χ1v) is 6.52. The fraction of sp³-hybridized carbons (Fsp3) is 0.0714. The molecule has 0 atom stereocenters. The van der Waals surface area contributed by atoms with E-state index in [2.05, 4.69) is 5.32 Å². The van der Waals surface area contributed by atoms with Crippen LogP contribution in [0, 0.1) is 0 Å². The van der Waals surface area contributed by atoms with E-state index >= 15 is 0 Å². The molecule has 0 fully saturated rings. The van der Waals surface area contributed by atoms with Crippen molar-refractivity contribution in [1.29, 1.82) is 0 Å². The maximum atomic E-state index is 11.6. The fourth-order valence-corrected chi connectivity index (χ4v) is 1.92. The van der Waals surface area contributed by atoms with Crippen molar-refractivity contribution in [3.8, 4) is 11.5 Å². The summed E-state index contributed by atoms with van der Waals surface area (Å²) in [6.45, 7) is 0. The molecule has 4 nitrogen and oxygen atoms in total. The summed E-state index contributed by atoms with van der Waals surface area (Å²) >= 11 is 12.0. The Labute approximate surface area is 126 Å². The highest BCUT2D eigenvalue weighted by Gasteiger charge is 2.11. The van der Waals surface area contributed by atoms with Gasteiger partial charge >= 0.3 is 0 Å². The standard InChI is InChI=1S/C14H12Cl2N2O2/c1-18-14(19)8-5-6-10(17)12(7-8)20-11-4-2-3-9(15)13(11)16/h2-7H,17H2,1H3,(H,18,19). The van der Waals surface area contributed by atoms with Crippen molar-refractivity contribution in [1.82, 2.24) is 5.32 Å². The highest BCUT2D eigenvalue weighted by Crippen LogP contribution is 2.36. The zero-order valence-corrected chi connectivity index (χ0v) is 12.1. The van der Waals surface area contributed by atoms with Gasteiger partial charge in [0.05, 0.1) is 10.7 Å². The van der Waals surface area contributed by atoms with E-state index in [-0.39, 0.29) is 5.91 Å². The second-order valence-electron chi connectivity index (χ2n) is 3.99. The Morgan fingerprint density at radius 3 is 2.65 bits per heavy atom. The van der Waals surface area contributed by atoms with Crippen molar-refractivity contribution in [3.63, 3.8) is 0 Å². The number of hydrogen-bond donors (Lipinski definition) is 2. The maximum absolute atomic E-state index is 11.6. The van der Waals surface area contributed by atoms with E-state index in [0.717, 1.165) is 0 Å². The van der Waals surface area contributed by atoms with Gasteiger partial charge in [-0.15, -0.1) is 0 Å². The van der Waals surface area contributed by atoms with Gasteiger partial charge < -0.3 is 15.8 Å². The molecule has 0 aliphatic carbocycles. The second kappa shape index (κ2) is 6.03. The third-order valence-electron chi connectivity index (χ3n) is 2.64. The Morgan fingerprint density at radius 1 is 1.20 bits per heavy atom. The molecule has 0 radical (unpaired) electrons. The SMILES string of the molecule is CNC(=O)c1ccc(N)c(Oc2cccc(Cl)c2Cl)c1. The maximum Gasteiger partial charge on any atom is 0.251 e. The summed E-state index contributed by atoms with van der Waals surface area (Å²) in [4.78, 5) is 11.6. The average molecular weight is 311 g/mol. The minimum Gasteiger partial charge on any atom is -0.454 e. The predicted molar refractivity (Wildman–Crippen MR) is 80.8 cm³/mol. The van der Waals surface area contributed by atoms with E-state index in [1.54, 1.807) is 43.4 Å². The predicted octanol–water partition coefficient (Wildman–Crippen LogP) is 3.73. The van der Waals surface area contributed by atoms with Crippen molar-refractivity contribution < 1.29 is 9.53 Å². The van der Waals surface area contributed by atoms with Gasteiger partial charge in [-0.05, 0) is 30.3 Å². The first kappa shape index (κ1) is 14.5. The minimum atomic E-state index is -0.230. The number of nitrogen functional groups attached to an aromatic ring is 1. The molecule has 20 heavy (non-hydrogen) atoms. The van der Waals surface area contributed by atoms with Gasteiger partial charge in [0.25, 0.3) is 5.91 Å². The number of amides is 1. The van der Waals surface area contributed by atoms with Crippen LogP contribution in [-0.4, -0.2) is 13.0 Å². The van der Waals surface area contributed by atoms with E-state index in [9.17, 15) is 4.79 Å². The Bertz CT molecular complexity index is 660. The van der Waals surface area contributed by atoms with Crippen LogP contribution in [0.5, 0.6) is 11.5 Å². The lowest BCUT2D eigenvalue weighted by molar-refractivity contribution is 0.0963. The van der Waals surface area contributed by atoms with Crippen LogP contribution in [0.15, 0.2) is 36.4 Å². The Hall–Kier alpha value is -1.91. The van der Waals surface area contributed by atoms with Crippen LogP contribution in [-0.2, 0) is 0 Å². The number of carbonyl (C=O) groups excluding carboxylic acids is 1. The van der Waals surface area contributed by atoms with Crippen LogP contribution in [0.2, 0.25) is 10.0 Å². The fourth-order valence-electron chi connectivity index (χ4n) is 1.59. The van der Waals surface area contributed by atoms with E-state index in [4.69, 9.17) is 33.7 Å². The molecule has 2 aromatic rings. The number of nitrogens with two attached hydrogens (primary N) is 1. The molecule has 0 aromatic heterocycles. The first-order valence-electron chi connectivity index (χ1n) is 5.76. The number of anilines is 1. The molecule has 0 aliphatic heterocycles. The van der Waals surface area contributed by atoms with Gasteiger partial charge in [-0.25, -0.2) is 0 Å². The molecular weight excluding hydrogens is 299 g/mol. The highest BCUT2D eigenvalue weighted by atomic mass is 35.5. The van der Waals surface area contributed by atoms with Gasteiger partial charge in [-0.3, -0.25) is 4.79 Å². The topological polar surface area (TPSA) is 64.4 Å². The van der Waals surface area contributed by atoms with E-state index in [1.165, 1.54) is 0 Å². The van der Waals surface area contributed by atoms with Crippen LogP contribution in [0.4, 0.5) is 5.69 Å². The van der Waals surface area contributed by atoms with Gasteiger partial charge in [0, 0.05) is 12.6 Å². The van der Waals surface area contributed by atoms with Crippen molar-refractivity contribution in [2.75, 3.05) is 12.8 Å². The Morgan fingerprint density at radius 2 is 1.95 bits per heavy atom. The highest BCUT2D eigenvalue weighted by molar-refractivity contribution is 6.42. The number of hydrogen-bond acceptors (Lipinski definition) is 3. The summed E-state index contributed by atoms with van der Waals surface area (Å²) in [6.07, 6.45) is 0. The summed E-state index contributed by atoms with van der Waals surface area (Å²) < 4.78 is 5.63. The van der Waals surface area contributed by atoms with Crippen molar-refractivity contribution in [2.45, 2.75) is 0 Å². The molecule has 0 saturated carbocycles. The van der Waals surface area contributed by atoms with Gasteiger partial charge in [0.2, 0.25) is 0 Å². The van der Waals surface area contributed by atoms with Crippen molar-refractivity contribution >= 4 is 34.8 Å². The zero-order valence-electron chi connectivity index (χ0n) is 10.6. The average Bonchev–Trinajstić information content (AvgIpc) is 2.45. The van der Waals surface area contributed by atoms with E-state index < -0.39 is 0 Å². The van der Waals surface area contributed by atoms with E-state index in [0.29, 0.717) is 32.8 Å². The quantitative estimate of drug-likeness (QED) is 0.849. The van der Waals surface area contributed by atoms with Crippen molar-refractivity contribution in [2.24, 2.45) is 0 Å². The first-order chi connectivity index (χ1) is 9.52. The van der Waals surface area contributed by atoms with Gasteiger partial charge in [-0.2, -0.15) is 0 Å². The summed E-state index contributed by atoms with van der Waals surface area (Å²) in [7, 11) is 1.55. The summed E-state index contributed by atoms with van der Waals surface area (Å²) in [5.41, 5.74) is 6.67. The number of rotatable bonds is 3. The van der Waals surface area contributed by atoms with Gasteiger partial charge in [0.1, 0.15) is 10.8 Å². The molecule has 3 N–H and O–H groups in total. The Kier molecular flexibility index (Phi) is 4.37. The number of benzene rings is 2. The second-order valence-corrected chi connectivity index (χ2v) is 4.77. The molecule has 2 rings (SSSR count). The van der Waals surface area contributed by atoms with Crippen molar-refractivity contribution in [3.05, 3.63) is 52.0 Å². The Balaban J connectivity index is 2.38. The normalized spacial score (nSPS) is 10.2. The molecule has 2 aromatic carbocycles. The van der Waals surface area contributed by atoms with Crippen LogP contribution in [0.1, 0.15) is 10.4 Å². The lowest BCUT2D eigenvalue weighted by Gasteiger charge is -2.11. The summed E-state index contributed by atoms with van der Waals surface area (Å²) in [6, 6.07) is 9.79. The van der Waals surface area contributed by atoms with Crippen LogP contribution in [0.3, 0.4) is 0 Å². The summed E-state index contributed by atoms with van der Waals surface area (Å²) in [5.74, 6) is 0.488. The molecule has 104 valence electrons. The molecule has 1 amide bonds. The molecular formula is C14H12Cl2N2O2. The largest absolute Gasteiger partial charge is 0.454 e. The number of halogens is 2. The molecule has 0 saturated heterocycles. The van der Waals surface area contributed by atoms with Gasteiger partial charge in [-0.1, -0.05) is 29.3 Å². The molecule has 0 spiro atoms. The minimum absolute atomic E-state index is 0.230. The molecule has 0 bridgehead atoms. The third-order valence-corrected chi connectivity index (χ3v) is 3.44. The third kappa shape index (κ3) is 2.98. The van der Waals surface area contributed by atoms with Crippen LogP contribution < -0.4 is 15.8 Å². The number of nitrogens with one attached hydrogen (secondary N) is 1. The zero-order chi connectivity index (χ0) is 14.7. The summed E-state index contributed by atoms with van der Waals surface area (Å²) in [5, 5.41) is 3.20. The van der Waals surface area contributed by atoms with E-state index in [1.807, 2.05) is 0 Å². The number of carbonyl (C=O) groups is 1. The van der Waals surface area contributed by atoms with Crippen LogP contribution >= 0.6 is 23.2 Å². The molecule has 6 heteroatoms. The van der Waals surface area contributed by atoms with Gasteiger partial charge in [0.15, 0.2) is 5.75 Å². The monoisotopic (exact) mass is 310 g/mol. The molecule has 0 heterocycles. The lowest BCUT2D eigenvalue weighted by Crippen LogP contribution is -2.17.